The van der Waals surface area contributed by atoms with Crippen molar-refractivity contribution in [3.8, 4) is 0 Å². The quantitative estimate of drug-likeness (QED) is 0.644. The number of aromatic amines is 1. The highest BCUT2D eigenvalue weighted by Gasteiger charge is 2.08. The Bertz CT molecular complexity index is 483. The Balaban J connectivity index is 2.26. The van der Waals surface area contributed by atoms with Crippen molar-refractivity contribution in [2.24, 2.45) is 0 Å². The fourth-order valence-corrected chi connectivity index (χ4v) is 1.48. The number of H-pyrrole nitrogens is 1. The molecule has 0 saturated carbocycles. The van der Waals surface area contributed by atoms with Crippen LogP contribution in [-0.4, -0.2) is 47.0 Å². The van der Waals surface area contributed by atoms with Gasteiger partial charge in [-0.25, -0.2) is 0 Å². The van der Waals surface area contributed by atoms with Crippen molar-refractivity contribution in [1.29, 1.82) is 0 Å². The van der Waals surface area contributed by atoms with Crippen LogP contribution in [-0.2, 0) is 4.74 Å². The Morgan fingerprint density at radius 1 is 1.35 bits per heavy atom. The number of rotatable bonds is 6. The predicted octanol–water partition coefficient (Wildman–Crippen LogP) is 0.843. The molecule has 0 aliphatic carbocycles. The molecule has 7 heteroatoms. The second kappa shape index (κ2) is 5.44. The minimum absolute atomic E-state index is 0.587. The van der Waals surface area contributed by atoms with Gasteiger partial charge in [0, 0.05) is 20.2 Å². The average molecular weight is 236 g/mol. The summed E-state index contributed by atoms with van der Waals surface area (Å²) in [6, 6.07) is 0. The van der Waals surface area contributed by atoms with Gasteiger partial charge in [0.25, 0.3) is 0 Å². The SMILES string of the molecule is CCNc1nc(NCCOC)c2cn[nH]c2n1. The zero-order valence-corrected chi connectivity index (χ0v) is 9.95. The number of nitrogens with zero attached hydrogens (tertiary/aromatic N) is 3. The normalized spacial score (nSPS) is 10.7. The fraction of sp³-hybridized carbons (Fsp3) is 0.500. The molecule has 0 fully saturated rings. The highest BCUT2D eigenvalue weighted by Crippen LogP contribution is 2.19. The Morgan fingerprint density at radius 3 is 3.00 bits per heavy atom. The van der Waals surface area contributed by atoms with Crippen molar-refractivity contribution in [3.05, 3.63) is 6.20 Å². The molecular formula is C10H16N6O. The number of ether oxygens (including phenoxy) is 1. The van der Waals surface area contributed by atoms with Crippen molar-refractivity contribution < 1.29 is 4.74 Å². The molecule has 17 heavy (non-hydrogen) atoms. The molecule has 92 valence electrons. The summed E-state index contributed by atoms with van der Waals surface area (Å²) in [7, 11) is 1.67. The molecule has 0 spiro atoms. The van der Waals surface area contributed by atoms with E-state index in [1.165, 1.54) is 0 Å². The first-order valence-corrected chi connectivity index (χ1v) is 5.53. The first-order chi connectivity index (χ1) is 8.35. The van der Waals surface area contributed by atoms with Crippen LogP contribution in [0.2, 0.25) is 0 Å². The summed E-state index contributed by atoms with van der Waals surface area (Å²) in [6.45, 7) is 4.09. The van der Waals surface area contributed by atoms with Crippen molar-refractivity contribution in [2.45, 2.75) is 6.92 Å². The van der Waals surface area contributed by atoms with E-state index in [2.05, 4.69) is 30.8 Å². The summed E-state index contributed by atoms with van der Waals surface area (Å²) in [5, 5.41) is 14.0. The lowest BCUT2D eigenvalue weighted by Crippen LogP contribution is -2.11. The van der Waals surface area contributed by atoms with E-state index >= 15 is 0 Å². The maximum absolute atomic E-state index is 4.99. The summed E-state index contributed by atoms with van der Waals surface area (Å²) in [5.41, 5.74) is 0.718. The summed E-state index contributed by atoms with van der Waals surface area (Å²) < 4.78 is 4.99. The molecule has 2 rings (SSSR count). The van der Waals surface area contributed by atoms with Crippen LogP contribution in [0.5, 0.6) is 0 Å². The maximum atomic E-state index is 4.99. The number of nitrogens with one attached hydrogen (secondary N) is 3. The molecule has 0 saturated heterocycles. The van der Waals surface area contributed by atoms with Crippen LogP contribution in [0.1, 0.15) is 6.92 Å². The van der Waals surface area contributed by atoms with Gasteiger partial charge in [-0.15, -0.1) is 0 Å². The molecule has 0 amide bonds. The zero-order valence-electron chi connectivity index (χ0n) is 9.95. The maximum Gasteiger partial charge on any atom is 0.226 e. The first-order valence-electron chi connectivity index (χ1n) is 5.53. The Labute approximate surface area is 99.0 Å². The van der Waals surface area contributed by atoms with E-state index in [1.807, 2.05) is 6.92 Å². The van der Waals surface area contributed by atoms with Crippen LogP contribution in [0.4, 0.5) is 11.8 Å². The molecule has 3 N–H and O–H groups in total. The van der Waals surface area contributed by atoms with Crippen molar-refractivity contribution in [1.82, 2.24) is 20.2 Å². The number of hydrogen-bond acceptors (Lipinski definition) is 6. The fourth-order valence-electron chi connectivity index (χ4n) is 1.48. The molecular weight excluding hydrogens is 220 g/mol. The summed E-state index contributed by atoms with van der Waals surface area (Å²) in [5.74, 6) is 1.35. The minimum atomic E-state index is 0.587. The Kier molecular flexibility index (Phi) is 3.71. The van der Waals surface area contributed by atoms with Gasteiger partial charge in [0.2, 0.25) is 5.95 Å². The average Bonchev–Trinajstić information content (AvgIpc) is 2.78. The van der Waals surface area contributed by atoms with Gasteiger partial charge < -0.3 is 15.4 Å². The number of anilines is 2. The first kappa shape index (κ1) is 11.6. The van der Waals surface area contributed by atoms with Gasteiger partial charge in [0.1, 0.15) is 5.82 Å². The van der Waals surface area contributed by atoms with E-state index in [9.17, 15) is 0 Å². The van der Waals surface area contributed by atoms with Crippen LogP contribution in [0, 0.1) is 0 Å². The van der Waals surface area contributed by atoms with Crippen LogP contribution < -0.4 is 10.6 Å². The molecule has 0 radical (unpaired) electrons. The number of aromatic nitrogens is 4. The van der Waals surface area contributed by atoms with Crippen LogP contribution in [0.25, 0.3) is 11.0 Å². The Morgan fingerprint density at radius 2 is 2.24 bits per heavy atom. The Hall–Kier alpha value is -1.89. The topological polar surface area (TPSA) is 87.8 Å². The molecule has 0 aliphatic rings. The van der Waals surface area contributed by atoms with Crippen molar-refractivity contribution in [2.75, 3.05) is 37.4 Å². The molecule has 2 aromatic heterocycles. The van der Waals surface area contributed by atoms with Crippen LogP contribution in [0.3, 0.4) is 0 Å². The third-order valence-electron chi connectivity index (χ3n) is 2.24. The molecule has 7 nitrogen and oxygen atoms in total. The third-order valence-corrected chi connectivity index (χ3v) is 2.24. The van der Waals surface area contributed by atoms with Gasteiger partial charge in [-0.2, -0.15) is 15.1 Å². The van der Waals surface area contributed by atoms with E-state index in [-0.39, 0.29) is 0 Å². The molecule has 0 atom stereocenters. The van der Waals surface area contributed by atoms with Crippen LogP contribution in [0.15, 0.2) is 6.20 Å². The molecule has 0 aliphatic heterocycles. The second-order valence-electron chi connectivity index (χ2n) is 3.48. The predicted molar refractivity (Wildman–Crippen MR) is 66.2 cm³/mol. The van der Waals surface area contributed by atoms with E-state index < -0.39 is 0 Å². The smallest absolute Gasteiger partial charge is 0.226 e. The largest absolute Gasteiger partial charge is 0.383 e. The molecule has 2 heterocycles. The highest BCUT2D eigenvalue weighted by atomic mass is 16.5. The number of fused-ring (bicyclic) bond motifs is 1. The third kappa shape index (κ3) is 2.62. The second-order valence-corrected chi connectivity index (χ2v) is 3.48. The van der Waals surface area contributed by atoms with E-state index in [0.29, 0.717) is 19.1 Å². The lowest BCUT2D eigenvalue weighted by Gasteiger charge is -2.08. The van der Waals surface area contributed by atoms with Crippen LogP contribution >= 0.6 is 0 Å². The summed E-state index contributed by atoms with van der Waals surface area (Å²) in [6.07, 6.45) is 1.71. The van der Waals surface area contributed by atoms with E-state index in [0.717, 1.165) is 23.4 Å². The monoisotopic (exact) mass is 236 g/mol. The van der Waals surface area contributed by atoms with E-state index in [1.54, 1.807) is 13.3 Å². The summed E-state index contributed by atoms with van der Waals surface area (Å²) >= 11 is 0. The molecule has 2 aromatic rings. The number of hydrogen-bond donors (Lipinski definition) is 3. The molecule has 0 bridgehead atoms. The van der Waals surface area contributed by atoms with Gasteiger partial charge in [0.05, 0.1) is 18.2 Å². The lowest BCUT2D eigenvalue weighted by atomic mass is 10.4. The zero-order chi connectivity index (χ0) is 12.1. The van der Waals surface area contributed by atoms with Crippen molar-refractivity contribution in [3.63, 3.8) is 0 Å². The van der Waals surface area contributed by atoms with Gasteiger partial charge in [-0.3, -0.25) is 5.10 Å². The van der Waals surface area contributed by atoms with Gasteiger partial charge in [0.15, 0.2) is 5.65 Å². The minimum Gasteiger partial charge on any atom is -0.383 e. The standard InChI is InChI=1S/C10H16N6O/c1-3-11-10-14-8(12-4-5-17-2)7-6-13-16-9(7)15-10/h6H,3-5H2,1-2H3,(H3,11,12,13,14,15,16). The van der Waals surface area contributed by atoms with Gasteiger partial charge in [-0.05, 0) is 6.92 Å². The lowest BCUT2D eigenvalue weighted by molar-refractivity contribution is 0.210. The van der Waals surface area contributed by atoms with E-state index in [4.69, 9.17) is 4.74 Å². The van der Waals surface area contributed by atoms with Gasteiger partial charge in [-0.1, -0.05) is 0 Å². The van der Waals surface area contributed by atoms with Gasteiger partial charge >= 0.3 is 0 Å². The molecule has 0 unspecified atom stereocenters. The highest BCUT2D eigenvalue weighted by molar-refractivity contribution is 5.86. The summed E-state index contributed by atoms with van der Waals surface area (Å²) in [4.78, 5) is 8.69. The number of methoxy groups -OCH3 is 1. The van der Waals surface area contributed by atoms with Crippen molar-refractivity contribution >= 4 is 22.8 Å². The molecule has 0 aromatic carbocycles.